The number of sulfonamides is 1. The summed E-state index contributed by atoms with van der Waals surface area (Å²) < 4.78 is 31.8. The number of rotatable bonds is 3. The van der Waals surface area contributed by atoms with E-state index in [0.717, 1.165) is 11.3 Å². The highest BCUT2D eigenvalue weighted by atomic mass is 35.5. The van der Waals surface area contributed by atoms with Gasteiger partial charge in [-0.3, -0.25) is 0 Å². The lowest BCUT2D eigenvalue weighted by Crippen LogP contribution is -2.52. The number of hydrogen-bond donors (Lipinski definition) is 1. The number of thiophene rings is 1. The highest BCUT2D eigenvalue weighted by molar-refractivity contribution is 7.89. The van der Waals surface area contributed by atoms with E-state index >= 15 is 0 Å². The van der Waals surface area contributed by atoms with Gasteiger partial charge in [-0.15, -0.1) is 23.7 Å². The minimum atomic E-state index is -3.68. The Morgan fingerprint density at radius 1 is 1.52 bits per heavy atom. The summed E-state index contributed by atoms with van der Waals surface area (Å²) in [5, 5.41) is 4.82. The zero-order chi connectivity index (χ0) is 14.9. The standard InChI is InChI=1S/C12H18N2O4S2.ClH/c1-8-7-19-10(12(15)18-3)11(8)20(16,17)14-5-4-13-6-9(14)2;/h7,9,13H,4-6H2,1-3H3;1H/t9-;/m1./s1. The number of halogens is 1. The Bertz CT molecular complexity index is 615. The van der Waals surface area contributed by atoms with Gasteiger partial charge in [-0.1, -0.05) is 0 Å². The van der Waals surface area contributed by atoms with E-state index in [1.165, 1.54) is 11.4 Å². The molecule has 21 heavy (non-hydrogen) atoms. The first-order valence-electron chi connectivity index (χ1n) is 6.28. The van der Waals surface area contributed by atoms with E-state index in [0.29, 0.717) is 25.2 Å². The van der Waals surface area contributed by atoms with Crippen molar-refractivity contribution >= 4 is 39.7 Å². The molecule has 1 saturated heterocycles. The smallest absolute Gasteiger partial charge is 0.349 e. The predicted octanol–water partition coefficient (Wildman–Crippen LogP) is 1.25. The summed E-state index contributed by atoms with van der Waals surface area (Å²) in [5.41, 5.74) is 0.584. The van der Waals surface area contributed by atoms with Crippen LogP contribution in [0.25, 0.3) is 0 Å². The number of nitrogens with zero attached hydrogens (tertiary/aromatic N) is 1. The fraction of sp³-hybridized carbons (Fsp3) is 0.583. The number of esters is 1. The summed E-state index contributed by atoms with van der Waals surface area (Å²) in [7, 11) is -2.43. The third kappa shape index (κ3) is 3.40. The molecule has 0 radical (unpaired) electrons. The van der Waals surface area contributed by atoms with Crippen molar-refractivity contribution in [1.29, 1.82) is 0 Å². The van der Waals surface area contributed by atoms with Crippen molar-refractivity contribution in [3.05, 3.63) is 15.8 Å². The lowest BCUT2D eigenvalue weighted by molar-refractivity contribution is 0.0602. The summed E-state index contributed by atoms with van der Waals surface area (Å²) in [6, 6.07) is -0.140. The molecule has 0 saturated carbocycles. The third-order valence-corrected chi connectivity index (χ3v) is 6.70. The maximum absolute atomic E-state index is 12.8. The van der Waals surface area contributed by atoms with Crippen molar-refractivity contribution in [2.24, 2.45) is 0 Å². The van der Waals surface area contributed by atoms with Gasteiger partial charge in [0.2, 0.25) is 10.0 Å². The molecule has 2 heterocycles. The molecule has 0 spiro atoms. The molecule has 6 nitrogen and oxygen atoms in total. The molecule has 120 valence electrons. The van der Waals surface area contributed by atoms with Gasteiger partial charge in [0.25, 0.3) is 0 Å². The molecule has 0 unspecified atom stereocenters. The highest BCUT2D eigenvalue weighted by Crippen LogP contribution is 2.31. The van der Waals surface area contributed by atoms with Crippen LogP contribution in [0.2, 0.25) is 0 Å². The number of methoxy groups -OCH3 is 1. The van der Waals surface area contributed by atoms with E-state index in [4.69, 9.17) is 0 Å². The summed E-state index contributed by atoms with van der Waals surface area (Å²) in [6.45, 7) is 5.17. The summed E-state index contributed by atoms with van der Waals surface area (Å²) in [4.78, 5) is 12.0. The van der Waals surface area contributed by atoms with Crippen LogP contribution in [-0.2, 0) is 14.8 Å². The van der Waals surface area contributed by atoms with E-state index in [1.54, 1.807) is 12.3 Å². The third-order valence-electron chi connectivity index (χ3n) is 3.30. The van der Waals surface area contributed by atoms with Gasteiger partial charge in [-0.05, 0) is 24.8 Å². The van der Waals surface area contributed by atoms with Crippen LogP contribution in [0.4, 0.5) is 0 Å². The van der Waals surface area contributed by atoms with Crippen LogP contribution in [0.1, 0.15) is 22.2 Å². The van der Waals surface area contributed by atoms with Crippen molar-refractivity contribution < 1.29 is 17.9 Å². The van der Waals surface area contributed by atoms with Crippen molar-refractivity contribution in [2.75, 3.05) is 26.7 Å². The van der Waals surface area contributed by atoms with Crippen molar-refractivity contribution in [1.82, 2.24) is 9.62 Å². The Morgan fingerprint density at radius 2 is 2.19 bits per heavy atom. The SMILES string of the molecule is COC(=O)c1scc(C)c1S(=O)(=O)N1CCNC[C@H]1C.Cl. The van der Waals surface area contributed by atoms with Crippen LogP contribution >= 0.6 is 23.7 Å². The monoisotopic (exact) mass is 354 g/mol. The van der Waals surface area contributed by atoms with E-state index in [-0.39, 0.29) is 28.2 Å². The second-order valence-corrected chi connectivity index (χ2v) is 7.44. The lowest BCUT2D eigenvalue weighted by Gasteiger charge is -2.33. The number of carbonyl (C=O) groups is 1. The largest absolute Gasteiger partial charge is 0.465 e. The fourth-order valence-electron chi connectivity index (χ4n) is 2.28. The molecule has 0 bridgehead atoms. The summed E-state index contributed by atoms with van der Waals surface area (Å²) in [6.07, 6.45) is 0. The molecular weight excluding hydrogens is 336 g/mol. The number of nitrogens with one attached hydrogen (secondary N) is 1. The van der Waals surface area contributed by atoms with Gasteiger partial charge in [0, 0.05) is 25.7 Å². The van der Waals surface area contributed by atoms with Crippen LogP contribution < -0.4 is 5.32 Å². The Labute approximate surface area is 134 Å². The van der Waals surface area contributed by atoms with Gasteiger partial charge in [0.15, 0.2) is 0 Å². The number of hydrogen-bond acceptors (Lipinski definition) is 6. The minimum absolute atomic E-state index is 0. The van der Waals surface area contributed by atoms with Crippen LogP contribution in [0.5, 0.6) is 0 Å². The van der Waals surface area contributed by atoms with Gasteiger partial charge in [0.1, 0.15) is 9.77 Å². The van der Waals surface area contributed by atoms with Crippen molar-refractivity contribution in [2.45, 2.75) is 24.8 Å². The Hall–Kier alpha value is -0.670. The van der Waals surface area contributed by atoms with Crippen molar-refractivity contribution in [3.63, 3.8) is 0 Å². The Kier molecular flexibility index (Phi) is 6.18. The highest BCUT2D eigenvalue weighted by Gasteiger charge is 2.36. The molecule has 0 aliphatic carbocycles. The van der Waals surface area contributed by atoms with Crippen LogP contribution in [0.15, 0.2) is 10.3 Å². The summed E-state index contributed by atoms with van der Waals surface area (Å²) in [5.74, 6) is -0.607. The topological polar surface area (TPSA) is 75.7 Å². The molecule has 1 N–H and O–H groups in total. The number of carbonyl (C=O) groups excluding carboxylic acids is 1. The summed E-state index contributed by atoms with van der Waals surface area (Å²) >= 11 is 1.10. The normalized spacial score (nSPS) is 19.9. The van der Waals surface area contributed by atoms with Gasteiger partial charge < -0.3 is 10.1 Å². The Morgan fingerprint density at radius 3 is 2.76 bits per heavy atom. The van der Waals surface area contributed by atoms with E-state index in [2.05, 4.69) is 10.1 Å². The maximum atomic E-state index is 12.8. The van der Waals surface area contributed by atoms with Gasteiger partial charge in [0.05, 0.1) is 7.11 Å². The quantitative estimate of drug-likeness (QED) is 0.827. The molecule has 1 atom stereocenters. The second-order valence-electron chi connectivity index (χ2n) is 4.74. The van der Waals surface area contributed by atoms with Crippen LogP contribution in [0, 0.1) is 6.92 Å². The zero-order valence-corrected chi connectivity index (χ0v) is 14.5. The molecule has 1 aromatic heterocycles. The van der Waals surface area contributed by atoms with Crippen LogP contribution in [-0.4, -0.2) is 51.5 Å². The molecule has 1 aromatic rings. The minimum Gasteiger partial charge on any atom is -0.465 e. The predicted molar refractivity (Wildman–Crippen MR) is 83.9 cm³/mol. The molecule has 1 aliphatic heterocycles. The molecular formula is C12H19ClN2O4S2. The van der Waals surface area contributed by atoms with Gasteiger partial charge in [-0.25, -0.2) is 13.2 Å². The average Bonchev–Trinajstić information content (AvgIpc) is 2.80. The van der Waals surface area contributed by atoms with E-state index < -0.39 is 16.0 Å². The lowest BCUT2D eigenvalue weighted by atomic mass is 10.3. The molecule has 0 amide bonds. The molecule has 0 aromatic carbocycles. The van der Waals surface area contributed by atoms with Gasteiger partial charge in [-0.2, -0.15) is 4.31 Å². The first-order chi connectivity index (χ1) is 9.39. The molecule has 1 aliphatic rings. The first-order valence-corrected chi connectivity index (χ1v) is 8.60. The molecule has 2 rings (SSSR count). The fourth-order valence-corrected chi connectivity index (χ4v) is 5.58. The Balaban J connectivity index is 0.00000220. The first kappa shape index (κ1) is 18.4. The zero-order valence-electron chi connectivity index (χ0n) is 12.1. The van der Waals surface area contributed by atoms with Crippen LogP contribution in [0.3, 0.4) is 0 Å². The van der Waals surface area contributed by atoms with E-state index in [9.17, 15) is 13.2 Å². The van der Waals surface area contributed by atoms with Gasteiger partial charge >= 0.3 is 5.97 Å². The number of ether oxygens (including phenoxy) is 1. The number of aryl methyl sites for hydroxylation is 1. The molecule has 9 heteroatoms. The second kappa shape index (κ2) is 7.06. The maximum Gasteiger partial charge on any atom is 0.349 e. The molecule has 1 fully saturated rings. The number of piperazine rings is 1. The average molecular weight is 355 g/mol. The van der Waals surface area contributed by atoms with Crippen molar-refractivity contribution in [3.8, 4) is 0 Å². The van der Waals surface area contributed by atoms with E-state index in [1.807, 2.05) is 6.92 Å².